The summed E-state index contributed by atoms with van der Waals surface area (Å²) < 4.78 is 0. The van der Waals surface area contributed by atoms with E-state index < -0.39 is 0 Å². The fourth-order valence-electron chi connectivity index (χ4n) is 0.227. The van der Waals surface area contributed by atoms with E-state index in [0.29, 0.717) is 0 Å². The Balaban J connectivity index is 0. The molecular formula is C6H8O4S. The van der Waals surface area contributed by atoms with Crippen molar-refractivity contribution in [1.29, 1.82) is 0 Å². The van der Waals surface area contributed by atoms with Crippen molar-refractivity contribution in [2.45, 2.75) is 0 Å². The SMILES string of the molecule is O=CO.O=CO.c1ccsc1. The molecule has 11 heavy (non-hydrogen) atoms. The summed E-state index contributed by atoms with van der Waals surface area (Å²) in [5.74, 6) is 0. The van der Waals surface area contributed by atoms with E-state index in [2.05, 4.69) is 0 Å². The maximum atomic E-state index is 8.36. The van der Waals surface area contributed by atoms with E-state index in [1.165, 1.54) is 0 Å². The van der Waals surface area contributed by atoms with Crippen molar-refractivity contribution >= 4 is 24.3 Å². The predicted molar refractivity (Wildman–Crippen MR) is 41.7 cm³/mol. The summed E-state index contributed by atoms with van der Waals surface area (Å²) in [6.07, 6.45) is 0. The minimum absolute atomic E-state index is 0.250. The Kier molecular flexibility index (Phi) is 17.8. The Morgan fingerprint density at radius 2 is 1.27 bits per heavy atom. The standard InChI is InChI=1S/C4H4S.2CH2O2/c1-2-4-5-3-1;2*2-1-3/h1-4H;2*1H,(H,2,3). The smallest absolute Gasteiger partial charge is 0.290 e. The number of rotatable bonds is 0. The lowest BCUT2D eigenvalue weighted by Gasteiger charge is -1.39. The van der Waals surface area contributed by atoms with Gasteiger partial charge in [-0.15, -0.1) is 0 Å². The van der Waals surface area contributed by atoms with Gasteiger partial charge in [0.15, 0.2) is 0 Å². The molecule has 0 saturated carbocycles. The van der Waals surface area contributed by atoms with Gasteiger partial charge in [-0.25, -0.2) is 0 Å². The molecule has 0 saturated heterocycles. The summed E-state index contributed by atoms with van der Waals surface area (Å²) in [4.78, 5) is 16.7. The molecule has 5 heteroatoms. The molecule has 62 valence electrons. The van der Waals surface area contributed by atoms with Crippen LogP contribution >= 0.6 is 11.3 Å². The highest BCUT2D eigenvalue weighted by Gasteiger charge is 1.58. The molecule has 0 atom stereocenters. The Labute approximate surface area is 67.7 Å². The van der Waals surface area contributed by atoms with Crippen LogP contribution in [0, 0.1) is 0 Å². The molecule has 1 heterocycles. The van der Waals surface area contributed by atoms with Crippen molar-refractivity contribution in [3.8, 4) is 0 Å². The van der Waals surface area contributed by atoms with Crippen molar-refractivity contribution in [3.63, 3.8) is 0 Å². The lowest BCUT2D eigenvalue weighted by molar-refractivity contribution is -0.123. The van der Waals surface area contributed by atoms with Crippen LogP contribution in [0.5, 0.6) is 0 Å². The second-order valence-corrected chi connectivity index (χ2v) is 1.82. The van der Waals surface area contributed by atoms with Gasteiger partial charge in [-0.2, -0.15) is 11.3 Å². The van der Waals surface area contributed by atoms with Gasteiger partial charge in [0.2, 0.25) is 0 Å². The average Bonchev–Trinajstić information content (AvgIpc) is 2.44. The number of hydrogen-bond donors (Lipinski definition) is 2. The first-order valence-corrected chi connectivity index (χ1v) is 3.40. The first-order chi connectivity index (χ1) is 5.33. The maximum Gasteiger partial charge on any atom is 0.290 e. The average molecular weight is 176 g/mol. The second kappa shape index (κ2) is 15.9. The fourth-order valence-corrected chi connectivity index (χ4v) is 0.680. The normalized spacial score (nSPS) is 5.82. The zero-order valence-corrected chi connectivity index (χ0v) is 6.40. The number of carbonyl (C=O) groups is 2. The van der Waals surface area contributed by atoms with Crippen LogP contribution in [0.25, 0.3) is 0 Å². The number of hydrogen-bond acceptors (Lipinski definition) is 3. The summed E-state index contributed by atoms with van der Waals surface area (Å²) in [5.41, 5.74) is 0. The Morgan fingerprint density at radius 1 is 1.00 bits per heavy atom. The van der Waals surface area contributed by atoms with E-state index in [1.54, 1.807) is 11.3 Å². The van der Waals surface area contributed by atoms with Gasteiger partial charge in [-0.1, -0.05) is 12.1 Å². The molecule has 1 rings (SSSR count). The van der Waals surface area contributed by atoms with Gasteiger partial charge in [-0.3, -0.25) is 9.59 Å². The van der Waals surface area contributed by atoms with Gasteiger partial charge in [0, 0.05) is 0 Å². The summed E-state index contributed by atoms with van der Waals surface area (Å²) in [5, 5.41) is 17.9. The maximum absolute atomic E-state index is 8.36. The van der Waals surface area contributed by atoms with Crippen LogP contribution in [-0.4, -0.2) is 23.2 Å². The molecular weight excluding hydrogens is 168 g/mol. The van der Waals surface area contributed by atoms with E-state index in [4.69, 9.17) is 19.8 Å². The van der Waals surface area contributed by atoms with Gasteiger partial charge in [0.05, 0.1) is 0 Å². The van der Waals surface area contributed by atoms with Crippen LogP contribution in [0.3, 0.4) is 0 Å². The molecule has 0 fully saturated rings. The molecule has 0 aromatic carbocycles. The first-order valence-electron chi connectivity index (χ1n) is 2.46. The molecule has 0 aliphatic heterocycles. The van der Waals surface area contributed by atoms with Crippen molar-refractivity contribution in [1.82, 2.24) is 0 Å². The van der Waals surface area contributed by atoms with Crippen LogP contribution < -0.4 is 0 Å². The van der Waals surface area contributed by atoms with Gasteiger partial charge < -0.3 is 10.2 Å². The summed E-state index contributed by atoms with van der Waals surface area (Å²) in [7, 11) is 0. The minimum atomic E-state index is -0.250. The van der Waals surface area contributed by atoms with Gasteiger partial charge in [-0.05, 0) is 10.8 Å². The van der Waals surface area contributed by atoms with Crippen LogP contribution in [0.15, 0.2) is 22.9 Å². The summed E-state index contributed by atoms with van der Waals surface area (Å²) in [6.45, 7) is -0.500. The molecule has 1 aromatic heterocycles. The van der Waals surface area contributed by atoms with Crippen molar-refractivity contribution in [2.75, 3.05) is 0 Å². The third kappa shape index (κ3) is 28.8. The van der Waals surface area contributed by atoms with Crippen LogP contribution in [0.1, 0.15) is 0 Å². The van der Waals surface area contributed by atoms with Crippen LogP contribution in [-0.2, 0) is 9.59 Å². The Hall–Kier alpha value is -1.36. The molecule has 2 N–H and O–H groups in total. The Bertz CT molecular complexity index is 126. The van der Waals surface area contributed by atoms with Gasteiger partial charge in [0.1, 0.15) is 0 Å². The molecule has 0 unspecified atom stereocenters. The molecule has 4 nitrogen and oxygen atoms in total. The van der Waals surface area contributed by atoms with Gasteiger partial charge >= 0.3 is 0 Å². The number of carboxylic acid groups (broad SMARTS) is 2. The largest absolute Gasteiger partial charge is 0.483 e. The van der Waals surface area contributed by atoms with Gasteiger partial charge in [0.25, 0.3) is 12.9 Å². The molecule has 0 bridgehead atoms. The fraction of sp³-hybridized carbons (Fsp3) is 0. The minimum Gasteiger partial charge on any atom is -0.483 e. The van der Waals surface area contributed by atoms with E-state index in [9.17, 15) is 0 Å². The lowest BCUT2D eigenvalue weighted by Crippen LogP contribution is -1.49. The van der Waals surface area contributed by atoms with E-state index >= 15 is 0 Å². The molecule has 0 aliphatic carbocycles. The zero-order valence-electron chi connectivity index (χ0n) is 5.58. The lowest BCUT2D eigenvalue weighted by atomic mass is 10.7. The highest BCUT2D eigenvalue weighted by molar-refractivity contribution is 7.07. The van der Waals surface area contributed by atoms with Crippen molar-refractivity contribution < 1.29 is 19.8 Å². The third-order valence-electron chi connectivity index (χ3n) is 0.425. The predicted octanol–water partition coefficient (Wildman–Crippen LogP) is 1.15. The first kappa shape index (κ1) is 12.3. The molecule has 0 spiro atoms. The monoisotopic (exact) mass is 176 g/mol. The molecule has 1 aromatic rings. The van der Waals surface area contributed by atoms with E-state index in [1.807, 2.05) is 22.9 Å². The van der Waals surface area contributed by atoms with E-state index in [0.717, 1.165) is 0 Å². The molecule has 0 amide bonds. The molecule has 0 aliphatic rings. The highest BCUT2D eigenvalue weighted by atomic mass is 32.1. The quantitative estimate of drug-likeness (QED) is 0.581. The van der Waals surface area contributed by atoms with Crippen LogP contribution in [0.2, 0.25) is 0 Å². The van der Waals surface area contributed by atoms with E-state index in [-0.39, 0.29) is 12.9 Å². The summed E-state index contributed by atoms with van der Waals surface area (Å²) >= 11 is 1.71. The third-order valence-corrected chi connectivity index (χ3v) is 1.05. The zero-order chi connectivity index (χ0) is 8.95. The molecule has 0 radical (unpaired) electrons. The highest BCUT2D eigenvalue weighted by Crippen LogP contribution is 1.91. The summed E-state index contributed by atoms with van der Waals surface area (Å²) in [6, 6.07) is 4.04. The number of thiophene rings is 1. The van der Waals surface area contributed by atoms with Crippen molar-refractivity contribution in [2.24, 2.45) is 0 Å². The van der Waals surface area contributed by atoms with Crippen LogP contribution in [0.4, 0.5) is 0 Å². The Morgan fingerprint density at radius 3 is 1.36 bits per heavy atom. The topological polar surface area (TPSA) is 74.6 Å². The second-order valence-electron chi connectivity index (χ2n) is 1.00. The van der Waals surface area contributed by atoms with Crippen molar-refractivity contribution in [3.05, 3.63) is 22.9 Å².